The number of hydrogen-bond acceptors (Lipinski definition) is 4. The Labute approximate surface area is 110 Å². The molecule has 18 heavy (non-hydrogen) atoms. The van der Waals surface area contributed by atoms with Crippen LogP contribution in [-0.2, 0) is 0 Å². The van der Waals surface area contributed by atoms with Crippen molar-refractivity contribution in [2.24, 2.45) is 0 Å². The van der Waals surface area contributed by atoms with Gasteiger partial charge in [-0.3, -0.25) is 4.79 Å². The Kier molecular flexibility index (Phi) is 3.39. The summed E-state index contributed by atoms with van der Waals surface area (Å²) >= 11 is 1.62. The molecule has 2 N–H and O–H groups in total. The molecule has 0 bridgehead atoms. The lowest BCUT2D eigenvalue weighted by Gasteiger charge is -2.09. The van der Waals surface area contributed by atoms with Gasteiger partial charge in [-0.25, -0.2) is 0 Å². The Morgan fingerprint density at radius 2 is 2.00 bits per heavy atom. The number of carbonyl (C=O) groups is 1. The predicted molar refractivity (Wildman–Crippen MR) is 74.6 cm³/mol. The summed E-state index contributed by atoms with van der Waals surface area (Å²) in [7, 11) is 1.52. The van der Waals surface area contributed by atoms with Crippen molar-refractivity contribution >= 4 is 22.8 Å². The molecule has 0 saturated carbocycles. The van der Waals surface area contributed by atoms with E-state index in [0.717, 1.165) is 15.3 Å². The van der Waals surface area contributed by atoms with E-state index in [4.69, 9.17) is 10.5 Å². The summed E-state index contributed by atoms with van der Waals surface area (Å²) in [5.74, 6) is 0.409. The Morgan fingerprint density at radius 3 is 2.56 bits per heavy atom. The molecule has 1 aromatic carbocycles. The summed E-state index contributed by atoms with van der Waals surface area (Å²) in [6.07, 6.45) is 0. The van der Waals surface area contributed by atoms with E-state index in [0.29, 0.717) is 17.0 Å². The van der Waals surface area contributed by atoms with Crippen LogP contribution in [0.1, 0.15) is 25.7 Å². The highest BCUT2D eigenvalue weighted by molar-refractivity contribution is 7.12. The standard InChI is InChI=1S/C14H15NO2S/c1-8-7-11(9(2)18-8)13(16)10-5-4-6-12(15)14(10)17-3/h4-7H,15H2,1-3H3. The van der Waals surface area contributed by atoms with Crippen molar-refractivity contribution in [1.29, 1.82) is 0 Å². The fourth-order valence-electron chi connectivity index (χ4n) is 1.96. The number of rotatable bonds is 3. The van der Waals surface area contributed by atoms with Crippen molar-refractivity contribution in [2.75, 3.05) is 12.8 Å². The molecule has 1 heterocycles. The first-order valence-corrected chi connectivity index (χ1v) is 6.40. The van der Waals surface area contributed by atoms with E-state index in [-0.39, 0.29) is 5.78 Å². The van der Waals surface area contributed by atoms with Gasteiger partial charge in [-0.1, -0.05) is 6.07 Å². The molecule has 0 aliphatic heterocycles. The first-order chi connectivity index (χ1) is 8.54. The molecule has 0 fully saturated rings. The van der Waals surface area contributed by atoms with Crippen LogP contribution < -0.4 is 10.5 Å². The second-order valence-electron chi connectivity index (χ2n) is 4.08. The number of nitrogen functional groups attached to an aromatic ring is 1. The minimum atomic E-state index is -0.0407. The summed E-state index contributed by atoms with van der Waals surface area (Å²) in [5.41, 5.74) is 7.53. The largest absolute Gasteiger partial charge is 0.494 e. The van der Waals surface area contributed by atoms with Gasteiger partial charge in [-0.05, 0) is 32.0 Å². The zero-order valence-corrected chi connectivity index (χ0v) is 11.4. The lowest BCUT2D eigenvalue weighted by molar-refractivity contribution is 0.103. The zero-order chi connectivity index (χ0) is 13.3. The van der Waals surface area contributed by atoms with E-state index in [1.54, 1.807) is 29.5 Å². The average molecular weight is 261 g/mol. The number of thiophene rings is 1. The summed E-state index contributed by atoms with van der Waals surface area (Å²) in [5, 5.41) is 0. The maximum absolute atomic E-state index is 12.5. The SMILES string of the molecule is COc1c(N)cccc1C(=O)c1cc(C)sc1C. The minimum Gasteiger partial charge on any atom is -0.494 e. The number of ether oxygens (including phenoxy) is 1. The lowest BCUT2D eigenvalue weighted by atomic mass is 10.0. The molecule has 1 aromatic heterocycles. The quantitative estimate of drug-likeness (QED) is 0.682. The van der Waals surface area contributed by atoms with Crippen molar-refractivity contribution < 1.29 is 9.53 Å². The van der Waals surface area contributed by atoms with Crippen LogP contribution in [0, 0.1) is 13.8 Å². The third-order valence-electron chi connectivity index (χ3n) is 2.78. The highest BCUT2D eigenvalue weighted by atomic mass is 32.1. The second kappa shape index (κ2) is 4.82. The van der Waals surface area contributed by atoms with Crippen LogP contribution in [0.15, 0.2) is 24.3 Å². The zero-order valence-electron chi connectivity index (χ0n) is 10.6. The van der Waals surface area contributed by atoms with Crippen LogP contribution in [0.3, 0.4) is 0 Å². The molecule has 3 nitrogen and oxygen atoms in total. The number of para-hydroxylation sites is 1. The Morgan fingerprint density at radius 1 is 1.28 bits per heavy atom. The molecule has 0 saturated heterocycles. The van der Waals surface area contributed by atoms with Gasteiger partial charge in [0, 0.05) is 15.3 Å². The normalized spacial score (nSPS) is 10.4. The van der Waals surface area contributed by atoms with Gasteiger partial charge in [0.15, 0.2) is 11.5 Å². The molecule has 94 valence electrons. The highest BCUT2D eigenvalue weighted by Gasteiger charge is 2.19. The first-order valence-electron chi connectivity index (χ1n) is 5.58. The third-order valence-corrected chi connectivity index (χ3v) is 3.75. The smallest absolute Gasteiger partial charge is 0.197 e. The first kappa shape index (κ1) is 12.6. The number of nitrogens with two attached hydrogens (primary N) is 1. The number of aryl methyl sites for hydroxylation is 2. The summed E-state index contributed by atoms with van der Waals surface area (Å²) in [6.45, 7) is 3.94. The van der Waals surface area contributed by atoms with Crippen molar-refractivity contribution in [1.82, 2.24) is 0 Å². The number of anilines is 1. The van der Waals surface area contributed by atoms with E-state index in [2.05, 4.69) is 0 Å². The van der Waals surface area contributed by atoms with Gasteiger partial charge in [0.05, 0.1) is 18.4 Å². The number of benzene rings is 1. The van der Waals surface area contributed by atoms with E-state index < -0.39 is 0 Å². The van der Waals surface area contributed by atoms with Crippen LogP contribution in [0.4, 0.5) is 5.69 Å². The van der Waals surface area contributed by atoms with E-state index >= 15 is 0 Å². The molecule has 2 rings (SSSR count). The fourth-order valence-corrected chi connectivity index (χ4v) is 2.88. The van der Waals surface area contributed by atoms with Crippen molar-refractivity contribution in [2.45, 2.75) is 13.8 Å². The molecule has 0 radical (unpaired) electrons. The molecule has 0 aliphatic carbocycles. The van der Waals surface area contributed by atoms with Gasteiger partial charge in [-0.15, -0.1) is 11.3 Å². The minimum absolute atomic E-state index is 0.0407. The van der Waals surface area contributed by atoms with Gasteiger partial charge in [0.2, 0.25) is 0 Å². The molecule has 4 heteroatoms. The topological polar surface area (TPSA) is 52.3 Å². The number of methoxy groups -OCH3 is 1. The Hall–Kier alpha value is -1.81. The second-order valence-corrected chi connectivity index (χ2v) is 5.54. The lowest BCUT2D eigenvalue weighted by Crippen LogP contribution is -2.06. The summed E-state index contributed by atoms with van der Waals surface area (Å²) in [4.78, 5) is 14.6. The predicted octanol–water partition coefficient (Wildman–Crippen LogP) is 3.19. The molecule has 0 spiro atoms. The van der Waals surface area contributed by atoms with Gasteiger partial charge in [0.1, 0.15) is 0 Å². The van der Waals surface area contributed by atoms with Crippen molar-refractivity contribution in [3.05, 3.63) is 45.1 Å². The van der Waals surface area contributed by atoms with Gasteiger partial charge in [-0.2, -0.15) is 0 Å². The fraction of sp³-hybridized carbons (Fsp3) is 0.214. The van der Waals surface area contributed by atoms with Crippen LogP contribution in [0.5, 0.6) is 5.75 Å². The highest BCUT2D eigenvalue weighted by Crippen LogP contribution is 2.30. The number of ketones is 1. The molecule has 0 aliphatic rings. The number of hydrogen-bond donors (Lipinski definition) is 1. The molecule has 0 atom stereocenters. The average Bonchev–Trinajstić information content (AvgIpc) is 2.67. The third kappa shape index (κ3) is 2.11. The summed E-state index contributed by atoms with van der Waals surface area (Å²) in [6, 6.07) is 7.13. The summed E-state index contributed by atoms with van der Waals surface area (Å²) < 4.78 is 5.22. The molecular weight excluding hydrogens is 246 g/mol. The van der Waals surface area contributed by atoms with Crippen molar-refractivity contribution in [3.63, 3.8) is 0 Å². The maximum atomic E-state index is 12.5. The Bertz CT molecular complexity index is 602. The van der Waals surface area contributed by atoms with Crippen LogP contribution in [-0.4, -0.2) is 12.9 Å². The molecule has 0 unspecified atom stereocenters. The maximum Gasteiger partial charge on any atom is 0.197 e. The Balaban J connectivity index is 2.53. The van der Waals surface area contributed by atoms with E-state index in [1.807, 2.05) is 19.9 Å². The van der Waals surface area contributed by atoms with Crippen molar-refractivity contribution in [3.8, 4) is 5.75 Å². The van der Waals surface area contributed by atoms with Crippen LogP contribution >= 0.6 is 11.3 Å². The van der Waals surface area contributed by atoms with E-state index in [1.165, 1.54) is 7.11 Å². The van der Waals surface area contributed by atoms with Crippen LogP contribution in [0.2, 0.25) is 0 Å². The van der Waals surface area contributed by atoms with Gasteiger partial charge < -0.3 is 10.5 Å². The van der Waals surface area contributed by atoms with Crippen LogP contribution in [0.25, 0.3) is 0 Å². The molecular formula is C14H15NO2S. The van der Waals surface area contributed by atoms with E-state index in [9.17, 15) is 4.79 Å². The van der Waals surface area contributed by atoms with Gasteiger partial charge in [0.25, 0.3) is 0 Å². The number of carbonyl (C=O) groups excluding carboxylic acids is 1. The monoisotopic (exact) mass is 261 g/mol. The van der Waals surface area contributed by atoms with Gasteiger partial charge >= 0.3 is 0 Å². The molecule has 0 amide bonds. The molecule has 2 aromatic rings.